The SMILES string of the molecule is COc1cccc(C=C2Oc3cc(OC(=O)c4ccc5c(c4)OCO5)ccc3C2=O)c1. The number of allylic oxidation sites excluding steroid dienone is 1. The van der Waals surface area contributed by atoms with Gasteiger partial charge in [0.05, 0.1) is 18.2 Å². The quantitative estimate of drug-likeness (QED) is 0.357. The Morgan fingerprint density at radius 1 is 0.935 bits per heavy atom. The zero-order chi connectivity index (χ0) is 21.4. The summed E-state index contributed by atoms with van der Waals surface area (Å²) in [7, 11) is 1.58. The standard InChI is InChI=1S/C24H16O7/c1-27-16-4-2-3-14(9-16)10-22-23(25)18-7-6-17(12-20(18)31-22)30-24(26)15-5-8-19-21(11-15)29-13-28-19/h2-12H,13H2,1H3. The van der Waals surface area contributed by atoms with Gasteiger partial charge in [-0.3, -0.25) is 4.79 Å². The zero-order valence-electron chi connectivity index (χ0n) is 16.4. The van der Waals surface area contributed by atoms with Gasteiger partial charge in [-0.2, -0.15) is 0 Å². The Kier molecular flexibility index (Phi) is 4.55. The summed E-state index contributed by atoms with van der Waals surface area (Å²) in [5, 5.41) is 0. The maximum Gasteiger partial charge on any atom is 0.343 e. The van der Waals surface area contributed by atoms with E-state index in [0.717, 1.165) is 5.56 Å². The molecule has 5 rings (SSSR count). The average Bonchev–Trinajstić information content (AvgIpc) is 3.37. The largest absolute Gasteiger partial charge is 0.497 e. The van der Waals surface area contributed by atoms with Gasteiger partial charge in [0.1, 0.15) is 17.2 Å². The van der Waals surface area contributed by atoms with E-state index < -0.39 is 5.97 Å². The predicted molar refractivity (Wildman–Crippen MR) is 110 cm³/mol. The van der Waals surface area contributed by atoms with Crippen molar-refractivity contribution in [3.63, 3.8) is 0 Å². The van der Waals surface area contributed by atoms with E-state index >= 15 is 0 Å². The molecule has 2 heterocycles. The molecule has 0 aliphatic carbocycles. The molecule has 2 aliphatic heterocycles. The molecule has 31 heavy (non-hydrogen) atoms. The fourth-order valence-electron chi connectivity index (χ4n) is 3.30. The number of ketones is 1. The molecule has 7 nitrogen and oxygen atoms in total. The normalized spacial score (nSPS) is 14.9. The third kappa shape index (κ3) is 3.57. The van der Waals surface area contributed by atoms with E-state index in [2.05, 4.69) is 0 Å². The van der Waals surface area contributed by atoms with Crippen LogP contribution in [0.5, 0.6) is 28.7 Å². The van der Waals surface area contributed by atoms with E-state index in [0.29, 0.717) is 34.1 Å². The highest BCUT2D eigenvalue weighted by Crippen LogP contribution is 2.36. The Balaban J connectivity index is 1.35. The first-order chi connectivity index (χ1) is 15.1. The van der Waals surface area contributed by atoms with Gasteiger partial charge in [0, 0.05) is 6.07 Å². The van der Waals surface area contributed by atoms with E-state index in [1.807, 2.05) is 18.2 Å². The Bertz CT molecular complexity index is 1240. The van der Waals surface area contributed by atoms with Gasteiger partial charge in [0.25, 0.3) is 0 Å². The Morgan fingerprint density at radius 2 is 1.81 bits per heavy atom. The van der Waals surface area contributed by atoms with Crippen molar-refractivity contribution >= 4 is 17.8 Å². The van der Waals surface area contributed by atoms with Crippen molar-refractivity contribution in [1.29, 1.82) is 0 Å². The van der Waals surface area contributed by atoms with Crippen LogP contribution in [0, 0.1) is 0 Å². The molecule has 0 saturated heterocycles. The number of fused-ring (bicyclic) bond motifs is 2. The summed E-state index contributed by atoms with van der Waals surface area (Å²) < 4.78 is 26.9. The van der Waals surface area contributed by atoms with Crippen molar-refractivity contribution in [2.24, 2.45) is 0 Å². The molecular weight excluding hydrogens is 400 g/mol. The second kappa shape index (κ2) is 7.53. The van der Waals surface area contributed by atoms with Gasteiger partial charge in [0.2, 0.25) is 12.6 Å². The molecule has 2 aliphatic rings. The van der Waals surface area contributed by atoms with Crippen LogP contribution in [0.2, 0.25) is 0 Å². The lowest BCUT2D eigenvalue weighted by molar-refractivity contribution is 0.0734. The summed E-state index contributed by atoms with van der Waals surface area (Å²) in [5.41, 5.74) is 1.49. The van der Waals surface area contributed by atoms with E-state index in [1.54, 1.807) is 49.6 Å². The number of esters is 1. The van der Waals surface area contributed by atoms with Gasteiger partial charge in [-0.1, -0.05) is 12.1 Å². The van der Waals surface area contributed by atoms with Gasteiger partial charge in [-0.05, 0) is 54.1 Å². The number of Topliss-reactive ketones (excluding diaryl/α,β-unsaturated/α-hetero) is 1. The van der Waals surface area contributed by atoms with Gasteiger partial charge >= 0.3 is 5.97 Å². The second-order valence-electron chi connectivity index (χ2n) is 6.83. The average molecular weight is 416 g/mol. The molecule has 0 aromatic heterocycles. The van der Waals surface area contributed by atoms with E-state index in [9.17, 15) is 9.59 Å². The highest BCUT2D eigenvalue weighted by atomic mass is 16.7. The number of hydrogen-bond acceptors (Lipinski definition) is 7. The van der Waals surface area contributed by atoms with Crippen LogP contribution in [-0.4, -0.2) is 25.7 Å². The lowest BCUT2D eigenvalue weighted by atomic mass is 10.1. The summed E-state index contributed by atoms with van der Waals surface area (Å²) in [4.78, 5) is 25.2. The highest BCUT2D eigenvalue weighted by Gasteiger charge is 2.28. The number of rotatable bonds is 4. The number of benzene rings is 3. The predicted octanol–water partition coefficient (Wildman–Crippen LogP) is 4.26. The summed E-state index contributed by atoms with van der Waals surface area (Å²) in [6.45, 7) is 0.121. The number of methoxy groups -OCH3 is 1. The van der Waals surface area contributed by atoms with Crippen molar-refractivity contribution in [2.75, 3.05) is 13.9 Å². The van der Waals surface area contributed by atoms with Gasteiger partial charge < -0.3 is 23.7 Å². The van der Waals surface area contributed by atoms with E-state index in [-0.39, 0.29) is 24.1 Å². The Hall–Kier alpha value is -4.26. The molecule has 154 valence electrons. The summed E-state index contributed by atoms with van der Waals surface area (Å²) >= 11 is 0. The number of ether oxygens (including phenoxy) is 5. The molecule has 7 heteroatoms. The maximum absolute atomic E-state index is 12.7. The number of carbonyl (C=O) groups is 2. The molecule has 0 amide bonds. The molecule has 0 unspecified atom stereocenters. The minimum Gasteiger partial charge on any atom is -0.497 e. The Labute approximate surface area is 177 Å². The summed E-state index contributed by atoms with van der Waals surface area (Å²) in [6.07, 6.45) is 1.64. The highest BCUT2D eigenvalue weighted by molar-refractivity contribution is 6.14. The minimum absolute atomic E-state index is 0.121. The monoisotopic (exact) mass is 416 g/mol. The minimum atomic E-state index is -0.560. The molecule has 0 bridgehead atoms. The van der Waals surface area contributed by atoms with Crippen LogP contribution in [-0.2, 0) is 0 Å². The van der Waals surface area contributed by atoms with Gasteiger partial charge in [-0.25, -0.2) is 4.79 Å². The lowest BCUT2D eigenvalue weighted by Gasteiger charge is -2.06. The van der Waals surface area contributed by atoms with Crippen LogP contribution >= 0.6 is 0 Å². The topological polar surface area (TPSA) is 80.3 Å². The summed E-state index contributed by atoms with van der Waals surface area (Å²) in [6, 6.07) is 16.7. The van der Waals surface area contributed by atoms with Crippen LogP contribution in [0.3, 0.4) is 0 Å². The molecule has 0 fully saturated rings. The summed E-state index contributed by atoms with van der Waals surface area (Å²) in [5.74, 6) is 1.71. The van der Waals surface area contributed by atoms with Crippen molar-refractivity contribution < 1.29 is 33.3 Å². The number of carbonyl (C=O) groups excluding carboxylic acids is 2. The first-order valence-corrected chi connectivity index (χ1v) is 9.45. The third-order valence-electron chi connectivity index (χ3n) is 4.85. The fraction of sp³-hybridized carbons (Fsp3) is 0.0833. The molecular formula is C24H16O7. The van der Waals surface area contributed by atoms with E-state index in [4.69, 9.17) is 23.7 Å². The lowest BCUT2D eigenvalue weighted by Crippen LogP contribution is -2.08. The van der Waals surface area contributed by atoms with Gasteiger partial charge in [-0.15, -0.1) is 0 Å². The van der Waals surface area contributed by atoms with Crippen LogP contribution < -0.4 is 23.7 Å². The Morgan fingerprint density at radius 3 is 2.68 bits per heavy atom. The maximum atomic E-state index is 12.7. The second-order valence-corrected chi connectivity index (χ2v) is 6.83. The third-order valence-corrected chi connectivity index (χ3v) is 4.85. The molecule has 0 radical (unpaired) electrons. The van der Waals surface area contributed by atoms with Crippen molar-refractivity contribution in [3.8, 4) is 28.7 Å². The molecule has 0 spiro atoms. The van der Waals surface area contributed by atoms with Crippen LogP contribution in [0.4, 0.5) is 0 Å². The number of hydrogen-bond donors (Lipinski definition) is 0. The molecule has 3 aromatic carbocycles. The zero-order valence-corrected chi connectivity index (χ0v) is 16.4. The van der Waals surface area contributed by atoms with Crippen molar-refractivity contribution in [3.05, 3.63) is 83.1 Å². The van der Waals surface area contributed by atoms with E-state index in [1.165, 1.54) is 6.07 Å². The molecule has 3 aromatic rings. The molecule has 0 atom stereocenters. The van der Waals surface area contributed by atoms with Crippen LogP contribution in [0.1, 0.15) is 26.3 Å². The fourth-order valence-corrected chi connectivity index (χ4v) is 3.30. The van der Waals surface area contributed by atoms with Crippen LogP contribution in [0.15, 0.2) is 66.4 Å². The smallest absolute Gasteiger partial charge is 0.343 e. The van der Waals surface area contributed by atoms with Crippen molar-refractivity contribution in [2.45, 2.75) is 0 Å². The van der Waals surface area contributed by atoms with Crippen LogP contribution in [0.25, 0.3) is 6.08 Å². The molecule has 0 saturated carbocycles. The van der Waals surface area contributed by atoms with Gasteiger partial charge in [0.15, 0.2) is 17.3 Å². The first-order valence-electron chi connectivity index (χ1n) is 9.45. The molecule has 0 N–H and O–H groups in total. The first kappa shape index (κ1) is 18.7. The van der Waals surface area contributed by atoms with Crippen molar-refractivity contribution in [1.82, 2.24) is 0 Å².